The molecule has 0 aliphatic carbocycles. The van der Waals surface area contributed by atoms with Crippen LogP contribution in [0.3, 0.4) is 0 Å². The topological polar surface area (TPSA) is 55.4 Å². The summed E-state index contributed by atoms with van der Waals surface area (Å²) in [6.45, 7) is 0. The summed E-state index contributed by atoms with van der Waals surface area (Å²) in [4.78, 5) is 0. The lowest BCUT2D eigenvalue weighted by molar-refractivity contribution is -0.331. The second-order valence-electron chi connectivity index (χ2n) is 8.55. The molecule has 4 aromatic rings. The smallest absolute Gasteiger partial charge is 0.326 e. The molecule has 36 heavy (non-hydrogen) atoms. The largest absolute Gasteiger partial charge is 0.438 e. The van der Waals surface area contributed by atoms with Crippen LogP contribution in [0.4, 0.5) is 0 Å². The standard InChI is InChI=1S/C30H34O6/c1-31-29(32-2,35-27-19-11-15-23-13-5-7-17-25(23)27)21-9-10-22-30(33-3,34-4)36-28-20-12-16-24-14-6-8-18-26(24)28/h5-8,11-20H,9-10,21-22H2,1-4H3. The highest BCUT2D eigenvalue weighted by molar-refractivity contribution is 5.88. The van der Waals surface area contributed by atoms with E-state index in [1.54, 1.807) is 28.4 Å². The van der Waals surface area contributed by atoms with E-state index in [0.717, 1.165) is 34.4 Å². The minimum Gasteiger partial charge on any atom is -0.438 e. The maximum atomic E-state index is 6.30. The van der Waals surface area contributed by atoms with Gasteiger partial charge in [0.1, 0.15) is 11.5 Å². The predicted molar refractivity (Wildman–Crippen MR) is 141 cm³/mol. The Balaban J connectivity index is 1.43. The third-order valence-electron chi connectivity index (χ3n) is 6.49. The van der Waals surface area contributed by atoms with E-state index in [0.29, 0.717) is 24.3 Å². The van der Waals surface area contributed by atoms with Crippen molar-refractivity contribution in [1.29, 1.82) is 0 Å². The number of hydrogen-bond donors (Lipinski definition) is 0. The second kappa shape index (κ2) is 11.7. The molecule has 0 aliphatic rings. The maximum absolute atomic E-state index is 6.30. The number of fused-ring (bicyclic) bond motifs is 2. The first-order chi connectivity index (χ1) is 17.6. The Morgan fingerprint density at radius 1 is 0.472 bits per heavy atom. The van der Waals surface area contributed by atoms with Crippen molar-refractivity contribution in [2.75, 3.05) is 28.4 Å². The highest BCUT2D eigenvalue weighted by Crippen LogP contribution is 2.34. The van der Waals surface area contributed by atoms with Gasteiger partial charge in [-0.15, -0.1) is 0 Å². The van der Waals surface area contributed by atoms with Gasteiger partial charge in [-0.05, 0) is 35.7 Å². The predicted octanol–water partition coefficient (Wildman–Crippen LogP) is 6.90. The van der Waals surface area contributed by atoms with Crippen molar-refractivity contribution in [3.8, 4) is 11.5 Å². The summed E-state index contributed by atoms with van der Waals surface area (Å²) in [6, 6.07) is 28.0. The highest BCUT2D eigenvalue weighted by atomic mass is 16.9. The Kier molecular flexibility index (Phi) is 8.44. The lowest BCUT2D eigenvalue weighted by atomic mass is 10.1. The number of hydrogen-bond acceptors (Lipinski definition) is 6. The van der Waals surface area contributed by atoms with Crippen molar-refractivity contribution < 1.29 is 28.4 Å². The van der Waals surface area contributed by atoms with E-state index in [4.69, 9.17) is 28.4 Å². The van der Waals surface area contributed by atoms with E-state index in [1.165, 1.54) is 0 Å². The molecule has 0 unspecified atom stereocenters. The molecule has 0 N–H and O–H groups in total. The molecule has 0 amide bonds. The molecule has 0 spiro atoms. The fourth-order valence-electron chi connectivity index (χ4n) is 4.43. The van der Waals surface area contributed by atoms with Gasteiger partial charge in [0.2, 0.25) is 0 Å². The molecule has 4 aromatic carbocycles. The van der Waals surface area contributed by atoms with Crippen LogP contribution < -0.4 is 9.47 Å². The zero-order valence-corrected chi connectivity index (χ0v) is 21.4. The molecule has 0 saturated carbocycles. The van der Waals surface area contributed by atoms with Crippen LogP contribution in [-0.4, -0.2) is 40.4 Å². The summed E-state index contributed by atoms with van der Waals surface area (Å²) in [5.41, 5.74) is 0. The summed E-state index contributed by atoms with van der Waals surface area (Å²) in [5, 5.41) is 4.18. The van der Waals surface area contributed by atoms with Crippen LogP contribution in [0.15, 0.2) is 84.9 Å². The van der Waals surface area contributed by atoms with Crippen molar-refractivity contribution in [3.63, 3.8) is 0 Å². The minimum atomic E-state index is -1.22. The number of rotatable bonds is 13. The maximum Gasteiger partial charge on any atom is 0.326 e. The molecule has 6 heteroatoms. The van der Waals surface area contributed by atoms with Crippen LogP contribution in [0.2, 0.25) is 0 Å². The average molecular weight is 491 g/mol. The molecule has 0 atom stereocenters. The van der Waals surface area contributed by atoms with Gasteiger partial charge in [-0.25, -0.2) is 0 Å². The molecule has 0 aromatic heterocycles. The van der Waals surface area contributed by atoms with Gasteiger partial charge in [0.05, 0.1) is 0 Å². The van der Waals surface area contributed by atoms with Gasteiger partial charge in [-0.2, -0.15) is 0 Å². The van der Waals surface area contributed by atoms with E-state index in [9.17, 15) is 0 Å². The van der Waals surface area contributed by atoms with Gasteiger partial charge in [0.15, 0.2) is 0 Å². The molecule has 0 saturated heterocycles. The third-order valence-corrected chi connectivity index (χ3v) is 6.49. The molecule has 0 radical (unpaired) electrons. The van der Waals surface area contributed by atoms with E-state index in [1.807, 2.05) is 60.7 Å². The lowest BCUT2D eigenvalue weighted by Gasteiger charge is -2.33. The average Bonchev–Trinajstić information content (AvgIpc) is 2.94. The molecule has 0 aliphatic heterocycles. The van der Waals surface area contributed by atoms with Gasteiger partial charge in [-0.1, -0.05) is 72.8 Å². The minimum absolute atomic E-state index is 0.501. The SMILES string of the molecule is COC(CCCCC(OC)(OC)Oc1cccc2ccccc12)(OC)Oc1cccc2ccccc12. The van der Waals surface area contributed by atoms with Crippen molar-refractivity contribution in [2.24, 2.45) is 0 Å². The third kappa shape index (κ3) is 5.63. The Morgan fingerprint density at radius 3 is 1.22 bits per heavy atom. The summed E-state index contributed by atoms with van der Waals surface area (Å²) >= 11 is 0. The highest BCUT2D eigenvalue weighted by Gasteiger charge is 2.36. The van der Waals surface area contributed by atoms with Gasteiger partial charge in [0, 0.05) is 52.1 Å². The van der Waals surface area contributed by atoms with Crippen molar-refractivity contribution in [1.82, 2.24) is 0 Å². The Hall–Kier alpha value is -3.16. The van der Waals surface area contributed by atoms with Crippen LogP contribution in [0.1, 0.15) is 25.7 Å². The number of benzene rings is 4. The van der Waals surface area contributed by atoms with Crippen molar-refractivity contribution in [3.05, 3.63) is 84.9 Å². The first-order valence-corrected chi connectivity index (χ1v) is 12.1. The summed E-state index contributed by atoms with van der Waals surface area (Å²) in [5.74, 6) is -1.02. The Labute approximate surface area is 212 Å². The van der Waals surface area contributed by atoms with Crippen LogP contribution in [0.5, 0.6) is 11.5 Å². The van der Waals surface area contributed by atoms with Gasteiger partial charge in [0.25, 0.3) is 0 Å². The Morgan fingerprint density at radius 2 is 0.833 bits per heavy atom. The van der Waals surface area contributed by atoms with E-state index >= 15 is 0 Å². The first-order valence-electron chi connectivity index (χ1n) is 12.1. The summed E-state index contributed by atoms with van der Waals surface area (Å²) in [6.07, 6.45) is 2.45. The molecular weight excluding hydrogens is 456 g/mol. The number of ether oxygens (including phenoxy) is 6. The zero-order valence-electron chi connectivity index (χ0n) is 21.4. The van der Waals surface area contributed by atoms with Crippen LogP contribution in [0, 0.1) is 0 Å². The summed E-state index contributed by atoms with van der Waals surface area (Å²) in [7, 11) is 6.36. The molecular formula is C30H34O6. The van der Waals surface area contributed by atoms with Gasteiger partial charge in [-0.3, -0.25) is 0 Å². The molecule has 4 rings (SSSR count). The Bertz CT molecular complexity index is 1150. The van der Waals surface area contributed by atoms with Crippen LogP contribution in [-0.2, 0) is 18.9 Å². The van der Waals surface area contributed by atoms with Crippen LogP contribution >= 0.6 is 0 Å². The normalized spacial score (nSPS) is 12.2. The van der Waals surface area contributed by atoms with Gasteiger partial charge < -0.3 is 28.4 Å². The van der Waals surface area contributed by atoms with E-state index < -0.39 is 11.9 Å². The first kappa shape index (κ1) is 25.9. The second-order valence-corrected chi connectivity index (χ2v) is 8.55. The van der Waals surface area contributed by atoms with E-state index in [2.05, 4.69) is 24.3 Å². The monoisotopic (exact) mass is 490 g/mol. The van der Waals surface area contributed by atoms with E-state index in [-0.39, 0.29) is 0 Å². The quantitative estimate of drug-likeness (QED) is 0.150. The lowest BCUT2D eigenvalue weighted by Crippen LogP contribution is -2.42. The fraction of sp³-hybridized carbons (Fsp3) is 0.333. The molecule has 0 heterocycles. The molecule has 0 bridgehead atoms. The summed E-state index contributed by atoms with van der Waals surface area (Å²) < 4.78 is 35.5. The molecule has 190 valence electrons. The zero-order chi connectivity index (χ0) is 25.4. The molecule has 0 fully saturated rings. The molecule has 6 nitrogen and oxygen atoms in total. The van der Waals surface area contributed by atoms with Crippen LogP contribution in [0.25, 0.3) is 21.5 Å². The number of unbranched alkanes of at least 4 members (excludes halogenated alkanes) is 1. The number of methoxy groups -OCH3 is 4. The van der Waals surface area contributed by atoms with Gasteiger partial charge >= 0.3 is 11.9 Å². The fourth-order valence-corrected chi connectivity index (χ4v) is 4.43. The van der Waals surface area contributed by atoms with Crippen molar-refractivity contribution in [2.45, 2.75) is 37.6 Å². The van der Waals surface area contributed by atoms with Crippen molar-refractivity contribution >= 4 is 21.5 Å².